The van der Waals surface area contributed by atoms with Crippen molar-refractivity contribution in [3.8, 4) is 5.75 Å². The number of rotatable bonds is 9. The Morgan fingerprint density at radius 1 is 1.16 bits per heavy atom. The average molecular weight is 498 g/mol. The minimum absolute atomic E-state index is 0.0203. The van der Waals surface area contributed by atoms with E-state index in [0.29, 0.717) is 35.3 Å². The molecule has 0 aliphatic heterocycles. The number of halogens is 2. The molecule has 0 radical (unpaired) electrons. The maximum atomic E-state index is 12.8. The molecule has 0 aliphatic carbocycles. The first-order chi connectivity index (χ1) is 14.9. The number of hydrogen-bond donors (Lipinski definition) is 3. The van der Waals surface area contributed by atoms with Gasteiger partial charge in [0.2, 0.25) is 0 Å². The summed E-state index contributed by atoms with van der Waals surface area (Å²) < 4.78 is 6.36. The minimum Gasteiger partial charge on any atom is -0.505 e. The van der Waals surface area contributed by atoms with Gasteiger partial charge in [0.25, 0.3) is 5.91 Å². The van der Waals surface area contributed by atoms with Crippen molar-refractivity contribution in [2.24, 2.45) is 0 Å². The third-order valence-corrected chi connectivity index (χ3v) is 11.5. The largest absolute Gasteiger partial charge is 0.505 e. The second-order valence-corrected chi connectivity index (χ2v) is 15.1. The summed E-state index contributed by atoms with van der Waals surface area (Å²) in [5.74, 6) is -0.428. The highest BCUT2D eigenvalue weighted by molar-refractivity contribution is 6.74. The molecular weight excluding hydrogens is 463 g/mol. The Balaban J connectivity index is 2.16. The molecule has 2 aromatic rings. The molecule has 8 heteroatoms. The molecule has 2 aromatic carbocycles. The molecule has 0 aliphatic rings. The molecular formula is C24H34Cl2N2O3Si. The van der Waals surface area contributed by atoms with Crippen LogP contribution in [-0.2, 0) is 4.43 Å². The molecule has 2 rings (SSSR count). The Hall–Kier alpha value is -1.73. The van der Waals surface area contributed by atoms with Crippen molar-refractivity contribution in [3.63, 3.8) is 0 Å². The van der Waals surface area contributed by atoms with Crippen molar-refractivity contribution in [2.75, 3.05) is 25.5 Å². The zero-order chi connectivity index (χ0) is 24.1. The first-order valence-electron chi connectivity index (χ1n) is 10.7. The van der Waals surface area contributed by atoms with Gasteiger partial charge in [0.1, 0.15) is 0 Å². The number of phenols is 1. The highest BCUT2D eigenvalue weighted by atomic mass is 35.5. The summed E-state index contributed by atoms with van der Waals surface area (Å²) in [6, 6.07) is 10.6. The van der Waals surface area contributed by atoms with Crippen molar-refractivity contribution in [1.29, 1.82) is 0 Å². The molecule has 3 N–H and O–H groups in total. The maximum absolute atomic E-state index is 12.8. The number of nitrogens with one attached hydrogen (secondary N) is 2. The Morgan fingerprint density at radius 3 is 2.44 bits per heavy atom. The lowest BCUT2D eigenvalue weighted by Crippen LogP contribution is -2.41. The second-order valence-electron chi connectivity index (χ2n) is 9.43. The Kier molecular flexibility index (Phi) is 9.05. The average Bonchev–Trinajstić information content (AvgIpc) is 2.71. The van der Waals surface area contributed by atoms with Crippen LogP contribution in [0, 0.1) is 0 Å². The van der Waals surface area contributed by atoms with Crippen LogP contribution in [-0.4, -0.2) is 39.5 Å². The quantitative estimate of drug-likeness (QED) is 0.267. The van der Waals surface area contributed by atoms with Gasteiger partial charge in [-0.25, -0.2) is 0 Å². The lowest BCUT2D eigenvalue weighted by molar-refractivity contribution is 0.0947. The van der Waals surface area contributed by atoms with Crippen LogP contribution in [0.4, 0.5) is 5.69 Å². The van der Waals surface area contributed by atoms with Crippen molar-refractivity contribution < 1.29 is 14.3 Å². The number of hydrogen-bond acceptors (Lipinski definition) is 4. The van der Waals surface area contributed by atoms with E-state index in [1.54, 1.807) is 31.3 Å². The monoisotopic (exact) mass is 496 g/mol. The van der Waals surface area contributed by atoms with E-state index in [-0.39, 0.29) is 28.2 Å². The molecule has 0 saturated heterocycles. The summed E-state index contributed by atoms with van der Waals surface area (Å²) in [6.07, 6.45) is 0.716. The molecule has 176 valence electrons. The van der Waals surface area contributed by atoms with Crippen LogP contribution in [0.2, 0.25) is 28.2 Å². The lowest BCUT2D eigenvalue weighted by Gasteiger charge is -2.36. The third kappa shape index (κ3) is 6.64. The van der Waals surface area contributed by atoms with E-state index in [4.69, 9.17) is 27.6 Å². The van der Waals surface area contributed by atoms with Crippen molar-refractivity contribution in [3.05, 3.63) is 57.6 Å². The zero-order valence-corrected chi connectivity index (χ0v) is 22.2. The highest BCUT2D eigenvalue weighted by Crippen LogP contribution is 2.37. The van der Waals surface area contributed by atoms with Gasteiger partial charge in [-0.05, 0) is 54.4 Å². The number of carbonyl (C=O) groups excluding carboxylic acids is 1. The van der Waals surface area contributed by atoms with Gasteiger partial charge in [-0.1, -0.05) is 56.1 Å². The van der Waals surface area contributed by atoms with Crippen molar-refractivity contribution >= 4 is 43.1 Å². The fraction of sp³-hybridized carbons (Fsp3) is 0.458. The van der Waals surface area contributed by atoms with Crippen LogP contribution in [0.3, 0.4) is 0 Å². The molecule has 0 aromatic heterocycles. The summed E-state index contributed by atoms with van der Waals surface area (Å²) in [5, 5.41) is 17.3. The fourth-order valence-electron chi connectivity index (χ4n) is 3.07. The number of phenolic OH excluding ortho intramolecular Hbond substituents is 1. The molecule has 0 fully saturated rings. The molecule has 0 bridgehead atoms. The molecule has 0 saturated carbocycles. The van der Waals surface area contributed by atoms with Crippen LogP contribution in [0.1, 0.15) is 49.0 Å². The van der Waals surface area contributed by atoms with Gasteiger partial charge < -0.3 is 20.2 Å². The van der Waals surface area contributed by atoms with E-state index in [0.717, 1.165) is 5.56 Å². The zero-order valence-electron chi connectivity index (χ0n) is 19.7. The standard InChI is InChI=1S/C24H34Cl2N2O3Si/c1-24(2,3)32(5,6)31-13-12-17(16-10-11-19(25)20(26)14-16)15-28-23(30)18-8-7-9-21(27-4)22(18)29/h7-11,14,17,27,29H,12-13,15H2,1-6H3,(H,28,30)/t17-/m1/s1. The molecule has 32 heavy (non-hydrogen) atoms. The topological polar surface area (TPSA) is 70.6 Å². The number of carbonyl (C=O) groups is 1. The van der Waals surface area contributed by atoms with Crippen LogP contribution in [0.5, 0.6) is 5.75 Å². The third-order valence-electron chi connectivity index (χ3n) is 6.21. The fourth-order valence-corrected chi connectivity index (χ4v) is 4.43. The first kappa shape index (κ1) is 26.5. The van der Waals surface area contributed by atoms with Gasteiger partial charge in [0, 0.05) is 26.1 Å². The minimum atomic E-state index is -1.88. The van der Waals surface area contributed by atoms with Gasteiger partial charge >= 0.3 is 0 Å². The second kappa shape index (κ2) is 10.9. The van der Waals surface area contributed by atoms with Crippen molar-refractivity contribution in [2.45, 2.75) is 51.2 Å². The molecule has 1 amide bonds. The number of amides is 1. The van der Waals surface area contributed by atoms with Crippen LogP contribution >= 0.6 is 23.2 Å². The van der Waals surface area contributed by atoms with Gasteiger partial charge in [0.05, 0.1) is 21.3 Å². The van der Waals surface area contributed by atoms with Crippen LogP contribution in [0.15, 0.2) is 36.4 Å². The molecule has 0 heterocycles. The summed E-state index contributed by atoms with van der Waals surface area (Å²) in [7, 11) is -0.189. The van der Waals surface area contributed by atoms with E-state index in [2.05, 4.69) is 44.5 Å². The van der Waals surface area contributed by atoms with E-state index in [1.807, 2.05) is 12.1 Å². The Morgan fingerprint density at radius 2 is 1.84 bits per heavy atom. The summed E-state index contributed by atoms with van der Waals surface area (Å²) in [4.78, 5) is 12.8. The summed E-state index contributed by atoms with van der Waals surface area (Å²) in [5.41, 5.74) is 1.70. The first-order valence-corrected chi connectivity index (χ1v) is 14.4. The van der Waals surface area contributed by atoms with Gasteiger partial charge in [-0.2, -0.15) is 0 Å². The van der Waals surface area contributed by atoms with E-state index in [1.165, 1.54) is 0 Å². The molecule has 0 spiro atoms. The normalized spacial score (nSPS) is 13.0. The van der Waals surface area contributed by atoms with Crippen LogP contribution < -0.4 is 10.6 Å². The Bertz CT molecular complexity index is 945. The number of aromatic hydroxyl groups is 1. The predicted molar refractivity (Wildman–Crippen MR) is 137 cm³/mol. The SMILES string of the molecule is CNc1cccc(C(=O)NC[C@@H](CCO[Si](C)(C)C(C)(C)C)c2ccc(Cl)c(Cl)c2)c1O. The number of para-hydroxylation sites is 1. The summed E-state index contributed by atoms with van der Waals surface area (Å²) in [6.45, 7) is 12.0. The van der Waals surface area contributed by atoms with E-state index < -0.39 is 8.32 Å². The lowest BCUT2D eigenvalue weighted by atomic mass is 9.96. The number of benzene rings is 2. The van der Waals surface area contributed by atoms with Gasteiger partial charge in [-0.15, -0.1) is 0 Å². The smallest absolute Gasteiger partial charge is 0.255 e. The van der Waals surface area contributed by atoms with E-state index in [9.17, 15) is 9.90 Å². The molecule has 1 atom stereocenters. The Labute approximate surface area is 202 Å². The van der Waals surface area contributed by atoms with Crippen molar-refractivity contribution in [1.82, 2.24) is 5.32 Å². The van der Waals surface area contributed by atoms with Gasteiger partial charge in [0.15, 0.2) is 14.1 Å². The molecule has 5 nitrogen and oxygen atoms in total. The summed E-state index contributed by atoms with van der Waals surface area (Å²) >= 11 is 12.4. The van der Waals surface area contributed by atoms with Crippen LogP contribution in [0.25, 0.3) is 0 Å². The predicted octanol–water partition coefficient (Wildman–Crippen LogP) is 6.67. The highest BCUT2D eigenvalue weighted by Gasteiger charge is 2.37. The maximum Gasteiger partial charge on any atom is 0.255 e. The molecule has 0 unspecified atom stereocenters. The number of anilines is 1. The van der Waals surface area contributed by atoms with E-state index >= 15 is 0 Å². The van der Waals surface area contributed by atoms with Gasteiger partial charge in [-0.3, -0.25) is 4.79 Å².